The highest BCUT2D eigenvalue weighted by Crippen LogP contribution is 2.49. The number of hydrogen-bond acceptors (Lipinski definition) is 4. The molecule has 5 rings (SSSR count). The molecule has 2 N–H and O–H groups in total. The number of fused-ring (bicyclic) bond motifs is 2. The second-order valence-electron chi connectivity index (χ2n) is 10.9. The second-order valence-corrected chi connectivity index (χ2v) is 10.9. The van der Waals surface area contributed by atoms with Gasteiger partial charge in [0.1, 0.15) is 17.5 Å². The zero-order valence-corrected chi connectivity index (χ0v) is 20.8. The molecule has 5 nitrogen and oxygen atoms in total. The van der Waals surface area contributed by atoms with Crippen molar-refractivity contribution in [1.29, 1.82) is 0 Å². The molecule has 180 valence electrons. The number of H-pyrrole nitrogens is 1. The summed E-state index contributed by atoms with van der Waals surface area (Å²) in [7, 11) is 0. The van der Waals surface area contributed by atoms with Crippen LogP contribution < -0.4 is 4.74 Å². The van der Waals surface area contributed by atoms with E-state index in [1.165, 1.54) is 38.6 Å². The number of aromatic amines is 1. The van der Waals surface area contributed by atoms with E-state index in [1.807, 2.05) is 0 Å². The Morgan fingerprint density at radius 1 is 1.24 bits per heavy atom. The number of cyclic esters (lactones) is 1. The third-order valence-corrected chi connectivity index (χ3v) is 7.33. The van der Waals surface area contributed by atoms with Crippen LogP contribution in [0.5, 0.6) is 5.75 Å². The summed E-state index contributed by atoms with van der Waals surface area (Å²) in [6.45, 7) is 11.0. The van der Waals surface area contributed by atoms with Crippen molar-refractivity contribution in [1.82, 2.24) is 4.98 Å². The summed E-state index contributed by atoms with van der Waals surface area (Å²) in [5, 5.41) is 12.5. The number of ether oxygens (including phenoxy) is 2. The van der Waals surface area contributed by atoms with E-state index in [4.69, 9.17) is 9.47 Å². The highest BCUT2D eigenvalue weighted by molar-refractivity contribution is 5.98. The Morgan fingerprint density at radius 3 is 2.74 bits per heavy atom. The highest BCUT2D eigenvalue weighted by atomic mass is 16.5. The lowest BCUT2D eigenvalue weighted by Gasteiger charge is -2.28. The Balaban J connectivity index is 1.66. The van der Waals surface area contributed by atoms with Crippen LogP contribution in [0.3, 0.4) is 0 Å². The molecule has 0 unspecified atom stereocenters. The smallest absolute Gasteiger partial charge is 0.308 e. The van der Waals surface area contributed by atoms with Crippen LogP contribution >= 0.6 is 0 Å². The van der Waals surface area contributed by atoms with Gasteiger partial charge in [0.2, 0.25) is 0 Å². The first-order valence-electron chi connectivity index (χ1n) is 12.5. The molecule has 3 heterocycles. The van der Waals surface area contributed by atoms with Gasteiger partial charge in [0.25, 0.3) is 0 Å². The van der Waals surface area contributed by atoms with Gasteiger partial charge < -0.3 is 19.6 Å². The minimum atomic E-state index is -0.615. The fourth-order valence-corrected chi connectivity index (χ4v) is 5.89. The number of hydrogen-bond donors (Lipinski definition) is 2. The second kappa shape index (κ2) is 8.46. The maximum Gasteiger partial charge on any atom is 0.308 e. The highest BCUT2D eigenvalue weighted by Gasteiger charge is 2.37. The molecule has 1 fully saturated rings. The predicted molar refractivity (Wildman–Crippen MR) is 134 cm³/mol. The van der Waals surface area contributed by atoms with E-state index < -0.39 is 6.10 Å². The molecule has 2 aliphatic heterocycles. The van der Waals surface area contributed by atoms with E-state index in [0.717, 1.165) is 24.3 Å². The number of aliphatic hydroxyl groups is 1. The van der Waals surface area contributed by atoms with E-state index in [-0.39, 0.29) is 30.0 Å². The minimum Gasteiger partial charge on any atom is -0.487 e. The van der Waals surface area contributed by atoms with Crippen molar-refractivity contribution >= 4 is 16.7 Å². The zero-order chi connectivity index (χ0) is 24.2. The molecule has 0 bridgehead atoms. The summed E-state index contributed by atoms with van der Waals surface area (Å²) in [5.41, 5.74) is 7.23. The van der Waals surface area contributed by atoms with Crippen molar-refractivity contribution < 1.29 is 19.4 Å². The van der Waals surface area contributed by atoms with Gasteiger partial charge in [-0.2, -0.15) is 0 Å². The molecular formula is C29H35NO4. The molecule has 0 amide bonds. The zero-order valence-electron chi connectivity index (χ0n) is 20.8. The van der Waals surface area contributed by atoms with Crippen LogP contribution in [0, 0.1) is 6.92 Å². The maximum atomic E-state index is 11.9. The summed E-state index contributed by atoms with van der Waals surface area (Å²) < 4.78 is 12.1. The van der Waals surface area contributed by atoms with Gasteiger partial charge in [-0.05, 0) is 61.6 Å². The molecular weight excluding hydrogens is 426 g/mol. The Bertz CT molecular complexity index is 1250. The monoisotopic (exact) mass is 461 g/mol. The standard InChI is InChI=1S/C29H35NO4/c1-16(2)25-22(11-10-20-12-19(31)13-24(32)33-20)28-23(14-29(4,5)34-28)17(3)26(25)27-21-9-7-6-8-18(21)15-30-27/h6-9,15-16,19-20,30-31H,10-14H2,1-5H3/t19-,20-/m0/s1. The van der Waals surface area contributed by atoms with Crippen molar-refractivity contribution in [2.24, 2.45) is 0 Å². The van der Waals surface area contributed by atoms with E-state index >= 15 is 0 Å². The van der Waals surface area contributed by atoms with Gasteiger partial charge in [-0.3, -0.25) is 4.79 Å². The lowest BCUT2D eigenvalue weighted by atomic mass is 9.81. The minimum absolute atomic E-state index is 0.0923. The number of carbonyl (C=O) groups excluding carboxylic acids is 1. The summed E-state index contributed by atoms with van der Waals surface area (Å²) >= 11 is 0. The van der Waals surface area contributed by atoms with Gasteiger partial charge in [0.05, 0.1) is 18.2 Å². The van der Waals surface area contributed by atoms with E-state index in [0.29, 0.717) is 12.8 Å². The van der Waals surface area contributed by atoms with Crippen LogP contribution in [0.25, 0.3) is 22.0 Å². The quantitative estimate of drug-likeness (QED) is 0.459. The van der Waals surface area contributed by atoms with Gasteiger partial charge in [-0.25, -0.2) is 0 Å². The first kappa shape index (κ1) is 23.0. The summed E-state index contributed by atoms with van der Waals surface area (Å²) in [4.78, 5) is 15.5. The van der Waals surface area contributed by atoms with Crippen molar-refractivity contribution in [2.75, 3.05) is 0 Å². The van der Waals surface area contributed by atoms with Crippen molar-refractivity contribution in [3.63, 3.8) is 0 Å². The Labute approximate surface area is 201 Å². The van der Waals surface area contributed by atoms with Gasteiger partial charge in [-0.1, -0.05) is 38.1 Å². The average Bonchev–Trinajstić information content (AvgIpc) is 3.32. The van der Waals surface area contributed by atoms with E-state index in [9.17, 15) is 9.90 Å². The largest absolute Gasteiger partial charge is 0.487 e. The molecule has 0 spiro atoms. The molecule has 0 aliphatic carbocycles. The average molecular weight is 462 g/mol. The maximum absolute atomic E-state index is 11.9. The number of nitrogens with one attached hydrogen (secondary N) is 1. The first-order chi connectivity index (χ1) is 16.1. The SMILES string of the molecule is Cc1c2c(c(CC[C@H]3C[C@H](O)CC(=O)O3)c(C(C)C)c1-c1[nH]cc3ccccc13)OC(C)(C)C2. The Hall–Kier alpha value is -2.79. The van der Waals surface area contributed by atoms with Gasteiger partial charge >= 0.3 is 5.97 Å². The lowest BCUT2D eigenvalue weighted by molar-refractivity contribution is -0.160. The Morgan fingerprint density at radius 2 is 2.00 bits per heavy atom. The van der Waals surface area contributed by atoms with E-state index in [1.54, 1.807) is 0 Å². The summed E-state index contributed by atoms with van der Waals surface area (Å²) in [6, 6.07) is 8.48. The van der Waals surface area contributed by atoms with Crippen LogP contribution in [0.1, 0.15) is 75.1 Å². The first-order valence-corrected chi connectivity index (χ1v) is 12.5. The molecule has 2 aliphatic rings. The number of benzene rings is 2. The number of rotatable bonds is 5. The van der Waals surface area contributed by atoms with Crippen molar-refractivity contribution in [3.05, 3.63) is 52.7 Å². The number of aromatic nitrogens is 1. The Kier molecular flexibility index (Phi) is 5.71. The van der Waals surface area contributed by atoms with Crippen LogP contribution in [0.4, 0.5) is 0 Å². The molecule has 0 radical (unpaired) electrons. The van der Waals surface area contributed by atoms with Crippen LogP contribution in [0.2, 0.25) is 0 Å². The number of carbonyl (C=O) groups is 1. The van der Waals surface area contributed by atoms with Gasteiger partial charge in [0, 0.05) is 35.6 Å². The number of aliphatic hydroxyl groups excluding tert-OH is 1. The molecule has 3 aromatic rings. The number of esters is 1. The molecule has 1 aromatic heterocycles. The normalized spacial score (nSPS) is 21.6. The third kappa shape index (κ3) is 4.00. The van der Waals surface area contributed by atoms with Gasteiger partial charge in [0.15, 0.2) is 0 Å². The predicted octanol–water partition coefficient (Wildman–Crippen LogP) is 5.98. The lowest BCUT2D eigenvalue weighted by Crippen LogP contribution is -2.33. The summed E-state index contributed by atoms with van der Waals surface area (Å²) in [6.07, 6.45) is 4.07. The van der Waals surface area contributed by atoms with Crippen molar-refractivity contribution in [3.8, 4) is 17.0 Å². The van der Waals surface area contributed by atoms with Crippen LogP contribution in [-0.2, 0) is 22.4 Å². The fraction of sp³-hybridized carbons (Fsp3) is 0.483. The van der Waals surface area contributed by atoms with E-state index in [2.05, 4.69) is 70.1 Å². The van der Waals surface area contributed by atoms with Crippen LogP contribution in [0.15, 0.2) is 30.5 Å². The fourth-order valence-electron chi connectivity index (χ4n) is 5.89. The van der Waals surface area contributed by atoms with Crippen molar-refractivity contribution in [2.45, 2.75) is 90.4 Å². The topological polar surface area (TPSA) is 71.5 Å². The van der Waals surface area contributed by atoms with Gasteiger partial charge in [-0.15, -0.1) is 0 Å². The molecule has 2 atom stereocenters. The molecule has 5 heteroatoms. The summed E-state index contributed by atoms with van der Waals surface area (Å²) in [5.74, 6) is 0.981. The molecule has 34 heavy (non-hydrogen) atoms. The van der Waals surface area contributed by atoms with Crippen LogP contribution in [-0.4, -0.2) is 33.9 Å². The third-order valence-electron chi connectivity index (χ3n) is 7.33. The molecule has 0 saturated carbocycles. The molecule has 1 saturated heterocycles. The molecule has 2 aromatic carbocycles.